The molecule has 8 heteroatoms. The van der Waals surface area contributed by atoms with E-state index in [9.17, 15) is 8.42 Å². The summed E-state index contributed by atoms with van der Waals surface area (Å²) in [6, 6.07) is 9.74. The molecule has 6 nitrogen and oxygen atoms in total. The maximum absolute atomic E-state index is 12.2. The Bertz CT molecular complexity index is 865. The summed E-state index contributed by atoms with van der Waals surface area (Å²) < 4.78 is 35.0. The average molecular weight is 383 g/mol. The molecule has 0 fully saturated rings. The first-order valence-corrected chi connectivity index (χ1v) is 9.35. The average Bonchev–Trinajstić information content (AvgIpc) is 2.55. The van der Waals surface area contributed by atoms with Gasteiger partial charge >= 0.3 is 0 Å². The Kier molecular flexibility index (Phi) is 6.27. The first-order valence-electron chi connectivity index (χ1n) is 7.49. The minimum absolute atomic E-state index is 0.137. The second-order valence-corrected chi connectivity index (χ2v) is 7.20. The highest BCUT2D eigenvalue weighted by Crippen LogP contribution is 2.35. The fourth-order valence-electron chi connectivity index (χ4n) is 2.06. The molecule has 0 saturated heterocycles. The second-order valence-electron chi connectivity index (χ2n) is 5.13. The Morgan fingerprint density at radius 1 is 1.24 bits per heavy atom. The number of hydrogen-bond acceptors (Lipinski definition) is 5. The van der Waals surface area contributed by atoms with Gasteiger partial charge in [-0.15, -0.1) is 0 Å². The van der Waals surface area contributed by atoms with Crippen molar-refractivity contribution in [1.29, 1.82) is 0 Å². The number of rotatable bonds is 7. The van der Waals surface area contributed by atoms with Crippen molar-refractivity contribution in [3.05, 3.63) is 52.5 Å². The second kappa shape index (κ2) is 8.22. The molecule has 0 bridgehead atoms. The molecule has 0 atom stereocenters. The molecule has 0 aromatic heterocycles. The van der Waals surface area contributed by atoms with E-state index in [-0.39, 0.29) is 4.90 Å². The van der Waals surface area contributed by atoms with Crippen LogP contribution in [0.15, 0.2) is 46.4 Å². The number of nitrogens with zero attached hydrogens (tertiary/aromatic N) is 1. The molecule has 0 aliphatic heterocycles. The van der Waals surface area contributed by atoms with E-state index in [4.69, 9.17) is 21.1 Å². The number of ether oxygens (including phenoxy) is 2. The lowest BCUT2D eigenvalue weighted by molar-refractivity contribution is 0.311. The quantitative estimate of drug-likeness (QED) is 0.588. The number of hydrazone groups is 1. The lowest BCUT2D eigenvalue weighted by Gasteiger charge is -2.11. The van der Waals surface area contributed by atoms with Crippen LogP contribution in [0.3, 0.4) is 0 Å². The van der Waals surface area contributed by atoms with Gasteiger partial charge in [0.05, 0.1) is 29.8 Å². The number of methoxy groups -OCH3 is 1. The highest BCUT2D eigenvalue weighted by Gasteiger charge is 2.13. The Morgan fingerprint density at radius 2 is 1.92 bits per heavy atom. The van der Waals surface area contributed by atoms with Crippen molar-refractivity contribution in [3.8, 4) is 11.5 Å². The van der Waals surface area contributed by atoms with Crippen molar-refractivity contribution in [2.24, 2.45) is 5.10 Å². The predicted octanol–water partition coefficient (Wildman–Crippen LogP) is 3.37. The normalized spacial score (nSPS) is 11.5. The van der Waals surface area contributed by atoms with Crippen LogP contribution >= 0.6 is 11.6 Å². The van der Waals surface area contributed by atoms with Crippen molar-refractivity contribution < 1.29 is 17.9 Å². The van der Waals surface area contributed by atoms with Crippen LogP contribution in [0.1, 0.15) is 18.1 Å². The monoisotopic (exact) mass is 382 g/mol. The van der Waals surface area contributed by atoms with Crippen molar-refractivity contribution in [1.82, 2.24) is 4.83 Å². The van der Waals surface area contributed by atoms with E-state index in [1.54, 1.807) is 24.3 Å². The topological polar surface area (TPSA) is 77.0 Å². The summed E-state index contributed by atoms with van der Waals surface area (Å²) in [4.78, 5) is 2.31. The number of benzene rings is 2. The van der Waals surface area contributed by atoms with Crippen LogP contribution < -0.4 is 14.3 Å². The zero-order chi connectivity index (χ0) is 18.4. The largest absolute Gasteiger partial charge is 0.491 e. The Hall–Kier alpha value is -2.25. The van der Waals surface area contributed by atoms with Crippen LogP contribution in [0.2, 0.25) is 5.02 Å². The highest BCUT2D eigenvalue weighted by molar-refractivity contribution is 7.89. The standard InChI is InChI=1S/C17H19ClN2O4S/c1-4-24-16-10-13(9-15(18)17(16)23-3)11-19-20-25(21,22)14-7-5-12(2)6-8-14/h5-11,20H,4H2,1-3H3/b19-11-. The van der Waals surface area contributed by atoms with Crippen molar-refractivity contribution in [3.63, 3.8) is 0 Å². The highest BCUT2D eigenvalue weighted by atomic mass is 35.5. The van der Waals surface area contributed by atoms with E-state index >= 15 is 0 Å². The van der Waals surface area contributed by atoms with Gasteiger partial charge in [0.2, 0.25) is 0 Å². The summed E-state index contributed by atoms with van der Waals surface area (Å²) in [5.74, 6) is 0.876. The van der Waals surface area contributed by atoms with Crippen LogP contribution in [-0.2, 0) is 10.0 Å². The van der Waals surface area contributed by atoms with Crippen molar-refractivity contribution in [2.45, 2.75) is 18.7 Å². The molecule has 0 spiro atoms. The molecule has 2 aromatic carbocycles. The van der Waals surface area contributed by atoms with E-state index in [0.717, 1.165) is 5.56 Å². The van der Waals surface area contributed by atoms with Gasteiger partial charge in [-0.2, -0.15) is 13.5 Å². The number of aryl methyl sites for hydroxylation is 1. The Morgan fingerprint density at radius 3 is 2.52 bits per heavy atom. The minimum atomic E-state index is -3.73. The van der Waals surface area contributed by atoms with Gasteiger partial charge < -0.3 is 9.47 Å². The van der Waals surface area contributed by atoms with E-state index in [1.165, 1.54) is 25.5 Å². The van der Waals surface area contributed by atoms with Gasteiger partial charge in [-0.3, -0.25) is 0 Å². The van der Waals surface area contributed by atoms with Crippen LogP contribution in [0.4, 0.5) is 0 Å². The van der Waals surface area contributed by atoms with E-state index < -0.39 is 10.0 Å². The third-order valence-corrected chi connectivity index (χ3v) is 4.77. The number of nitrogens with one attached hydrogen (secondary N) is 1. The molecule has 2 rings (SSSR count). The molecule has 0 saturated carbocycles. The van der Waals surface area contributed by atoms with Gasteiger partial charge in [-0.05, 0) is 43.7 Å². The molecule has 0 amide bonds. The van der Waals surface area contributed by atoms with Gasteiger partial charge in [0.1, 0.15) is 0 Å². The molecular formula is C17H19ClN2O4S. The van der Waals surface area contributed by atoms with Crippen LogP contribution in [-0.4, -0.2) is 28.3 Å². The molecular weight excluding hydrogens is 364 g/mol. The molecule has 2 aromatic rings. The molecule has 134 valence electrons. The summed E-state index contributed by atoms with van der Waals surface area (Å²) in [6.07, 6.45) is 1.35. The van der Waals surface area contributed by atoms with E-state index in [1.807, 2.05) is 13.8 Å². The summed E-state index contributed by atoms with van der Waals surface area (Å²) in [7, 11) is -2.23. The SMILES string of the molecule is CCOc1cc(/C=N\NS(=O)(=O)c2ccc(C)cc2)cc(Cl)c1OC. The van der Waals surface area contributed by atoms with E-state index in [0.29, 0.717) is 28.7 Å². The fraction of sp³-hybridized carbons (Fsp3) is 0.235. The summed E-state index contributed by atoms with van der Waals surface area (Å²) in [6.45, 7) is 4.16. The zero-order valence-electron chi connectivity index (χ0n) is 14.1. The van der Waals surface area contributed by atoms with Crippen molar-refractivity contribution in [2.75, 3.05) is 13.7 Å². The molecule has 25 heavy (non-hydrogen) atoms. The third-order valence-electron chi connectivity index (χ3n) is 3.25. The smallest absolute Gasteiger partial charge is 0.276 e. The van der Waals surface area contributed by atoms with Crippen LogP contribution in [0, 0.1) is 6.92 Å². The number of halogens is 1. The van der Waals surface area contributed by atoms with Gasteiger partial charge in [-0.1, -0.05) is 29.3 Å². The Balaban J connectivity index is 2.20. The number of hydrogen-bond donors (Lipinski definition) is 1. The molecule has 1 N–H and O–H groups in total. The summed E-state index contributed by atoms with van der Waals surface area (Å²) in [5, 5.41) is 4.14. The lowest BCUT2D eigenvalue weighted by Crippen LogP contribution is -2.18. The Labute approximate surface area is 152 Å². The minimum Gasteiger partial charge on any atom is -0.491 e. The van der Waals surface area contributed by atoms with Crippen molar-refractivity contribution >= 4 is 27.8 Å². The molecule has 0 unspecified atom stereocenters. The van der Waals surface area contributed by atoms with Crippen LogP contribution in [0.25, 0.3) is 0 Å². The summed E-state index contributed by atoms with van der Waals surface area (Å²) in [5.41, 5.74) is 1.54. The first-order chi connectivity index (χ1) is 11.9. The molecule has 0 radical (unpaired) electrons. The molecule has 0 aliphatic rings. The first kappa shape index (κ1) is 19.1. The van der Waals surface area contributed by atoms with Gasteiger partial charge in [-0.25, -0.2) is 4.83 Å². The van der Waals surface area contributed by atoms with Gasteiger partial charge in [0.25, 0.3) is 10.0 Å². The maximum Gasteiger partial charge on any atom is 0.276 e. The molecule has 0 heterocycles. The van der Waals surface area contributed by atoms with Crippen LogP contribution in [0.5, 0.6) is 11.5 Å². The number of sulfonamides is 1. The van der Waals surface area contributed by atoms with Gasteiger partial charge in [0.15, 0.2) is 11.5 Å². The molecule has 0 aliphatic carbocycles. The van der Waals surface area contributed by atoms with E-state index in [2.05, 4.69) is 9.93 Å². The zero-order valence-corrected chi connectivity index (χ0v) is 15.7. The van der Waals surface area contributed by atoms with Gasteiger partial charge in [0, 0.05) is 0 Å². The third kappa shape index (κ3) is 4.87. The predicted molar refractivity (Wildman–Crippen MR) is 98.3 cm³/mol. The fourth-order valence-corrected chi connectivity index (χ4v) is 3.15. The maximum atomic E-state index is 12.2. The lowest BCUT2D eigenvalue weighted by atomic mass is 10.2. The summed E-state index contributed by atoms with van der Waals surface area (Å²) >= 11 is 6.14.